The fourth-order valence-corrected chi connectivity index (χ4v) is 2.34. The van der Waals surface area contributed by atoms with Gasteiger partial charge in [-0.1, -0.05) is 18.2 Å². The fourth-order valence-electron chi connectivity index (χ4n) is 1.82. The molecule has 0 saturated carbocycles. The van der Waals surface area contributed by atoms with Gasteiger partial charge in [-0.3, -0.25) is 4.79 Å². The molecule has 0 saturated heterocycles. The Labute approximate surface area is 123 Å². The van der Waals surface area contributed by atoms with Gasteiger partial charge in [0.05, 0.1) is 5.56 Å². The first kappa shape index (κ1) is 14.7. The van der Waals surface area contributed by atoms with Crippen LogP contribution in [0.5, 0.6) is 0 Å². The highest BCUT2D eigenvalue weighted by Gasteiger charge is 2.14. The van der Waals surface area contributed by atoms with Crippen molar-refractivity contribution in [3.63, 3.8) is 0 Å². The van der Waals surface area contributed by atoms with Crippen molar-refractivity contribution < 1.29 is 13.6 Å². The Balaban J connectivity index is 1.96. The summed E-state index contributed by atoms with van der Waals surface area (Å²) in [5.41, 5.74) is 0.754. The van der Waals surface area contributed by atoms with E-state index in [9.17, 15) is 13.6 Å². The normalized spacial score (nSPS) is 10.3. The summed E-state index contributed by atoms with van der Waals surface area (Å²) < 4.78 is 26.9. The molecule has 1 amide bonds. The molecule has 2 aromatic rings. The number of nitrogens with one attached hydrogen (secondary N) is 1. The number of amides is 1. The van der Waals surface area contributed by atoms with E-state index in [4.69, 9.17) is 0 Å². The van der Waals surface area contributed by atoms with E-state index in [0.717, 1.165) is 5.56 Å². The molecule has 5 heteroatoms. The summed E-state index contributed by atoms with van der Waals surface area (Å²) in [5.74, 6) is -1.39. The minimum atomic E-state index is -0.581. The van der Waals surface area contributed by atoms with E-state index in [0.29, 0.717) is 17.4 Å². The molecular weight excluding hydrogens is 328 g/mol. The van der Waals surface area contributed by atoms with Gasteiger partial charge in [-0.2, -0.15) is 0 Å². The Hall–Kier alpha value is -1.75. The van der Waals surface area contributed by atoms with Crippen molar-refractivity contribution in [2.75, 3.05) is 6.54 Å². The van der Waals surface area contributed by atoms with Crippen LogP contribution in [0.4, 0.5) is 8.78 Å². The van der Waals surface area contributed by atoms with Crippen molar-refractivity contribution in [2.45, 2.75) is 6.42 Å². The van der Waals surface area contributed by atoms with Crippen LogP contribution >= 0.6 is 15.9 Å². The molecule has 0 heterocycles. The first-order valence-electron chi connectivity index (χ1n) is 6.04. The second-order valence-corrected chi connectivity index (χ2v) is 5.09. The number of carbonyl (C=O) groups excluding carboxylic acids is 1. The molecule has 2 rings (SSSR count). The average Bonchev–Trinajstić information content (AvgIpc) is 2.38. The van der Waals surface area contributed by atoms with Gasteiger partial charge >= 0.3 is 0 Å². The maximum atomic E-state index is 13.6. The van der Waals surface area contributed by atoms with Crippen molar-refractivity contribution in [3.05, 3.63) is 69.7 Å². The SMILES string of the molecule is O=C(NCCc1cccc(F)c1)c1c(F)cccc1Br. The van der Waals surface area contributed by atoms with Crippen molar-refractivity contribution in [2.24, 2.45) is 0 Å². The highest BCUT2D eigenvalue weighted by Crippen LogP contribution is 2.19. The molecule has 0 atom stereocenters. The first-order valence-corrected chi connectivity index (χ1v) is 6.84. The molecule has 0 fully saturated rings. The summed E-state index contributed by atoms with van der Waals surface area (Å²) >= 11 is 3.14. The van der Waals surface area contributed by atoms with E-state index in [1.165, 1.54) is 24.3 Å². The van der Waals surface area contributed by atoms with Gasteiger partial charge < -0.3 is 5.32 Å². The standard InChI is InChI=1S/C15H12BrF2NO/c16-12-5-2-6-13(18)14(12)15(20)19-8-7-10-3-1-4-11(17)9-10/h1-6,9H,7-8H2,(H,19,20). The first-order chi connectivity index (χ1) is 9.58. The van der Waals surface area contributed by atoms with Gasteiger partial charge in [-0.25, -0.2) is 8.78 Å². The van der Waals surface area contributed by atoms with Crippen molar-refractivity contribution in [1.29, 1.82) is 0 Å². The number of rotatable bonds is 4. The molecule has 0 aliphatic carbocycles. The lowest BCUT2D eigenvalue weighted by Crippen LogP contribution is -2.27. The molecule has 0 spiro atoms. The zero-order valence-corrected chi connectivity index (χ0v) is 12.1. The van der Waals surface area contributed by atoms with Crippen LogP contribution in [-0.2, 0) is 6.42 Å². The summed E-state index contributed by atoms with van der Waals surface area (Å²) in [6, 6.07) is 10.5. The van der Waals surface area contributed by atoms with Crippen LogP contribution in [0.2, 0.25) is 0 Å². The molecule has 1 N–H and O–H groups in total. The topological polar surface area (TPSA) is 29.1 Å². The van der Waals surface area contributed by atoms with Gasteiger partial charge in [-0.15, -0.1) is 0 Å². The largest absolute Gasteiger partial charge is 0.352 e. The smallest absolute Gasteiger partial charge is 0.255 e. The lowest BCUT2D eigenvalue weighted by molar-refractivity contribution is 0.0949. The second kappa shape index (κ2) is 6.61. The molecule has 0 bridgehead atoms. The van der Waals surface area contributed by atoms with E-state index < -0.39 is 11.7 Å². The molecule has 2 nitrogen and oxygen atoms in total. The highest BCUT2D eigenvalue weighted by atomic mass is 79.9. The van der Waals surface area contributed by atoms with Crippen LogP contribution in [0.1, 0.15) is 15.9 Å². The van der Waals surface area contributed by atoms with Crippen LogP contribution in [0.15, 0.2) is 46.9 Å². The van der Waals surface area contributed by atoms with Crippen LogP contribution in [0, 0.1) is 11.6 Å². The van der Waals surface area contributed by atoms with E-state index in [2.05, 4.69) is 21.2 Å². The van der Waals surface area contributed by atoms with Crippen molar-refractivity contribution >= 4 is 21.8 Å². The molecule has 0 radical (unpaired) electrons. The monoisotopic (exact) mass is 339 g/mol. The maximum absolute atomic E-state index is 13.6. The van der Waals surface area contributed by atoms with E-state index in [1.807, 2.05) is 0 Å². The fraction of sp³-hybridized carbons (Fsp3) is 0.133. The number of hydrogen-bond donors (Lipinski definition) is 1. The third-order valence-corrected chi connectivity index (χ3v) is 3.44. The Bertz CT molecular complexity index is 611. The number of halogens is 3. The zero-order chi connectivity index (χ0) is 14.5. The summed E-state index contributed by atoms with van der Waals surface area (Å²) in [7, 11) is 0. The van der Waals surface area contributed by atoms with Gasteiger partial charge in [0.15, 0.2) is 0 Å². The Morgan fingerprint density at radius 2 is 1.90 bits per heavy atom. The van der Waals surface area contributed by atoms with Crippen LogP contribution in [0.25, 0.3) is 0 Å². The molecule has 104 valence electrons. The van der Waals surface area contributed by atoms with E-state index in [1.54, 1.807) is 18.2 Å². The molecule has 0 aromatic heterocycles. The summed E-state index contributed by atoms with van der Waals surface area (Å²) in [4.78, 5) is 11.9. The predicted octanol–water partition coefficient (Wildman–Crippen LogP) is 3.70. The molecule has 0 aliphatic rings. The Morgan fingerprint density at radius 1 is 1.15 bits per heavy atom. The minimum absolute atomic E-state index is 0.0215. The lowest BCUT2D eigenvalue weighted by atomic mass is 10.1. The van der Waals surface area contributed by atoms with Gasteiger partial charge in [0.25, 0.3) is 5.91 Å². The quantitative estimate of drug-likeness (QED) is 0.904. The molecule has 2 aromatic carbocycles. The third kappa shape index (κ3) is 3.63. The summed E-state index contributed by atoms with van der Waals surface area (Å²) in [6.07, 6.45) is 0.482. The molecular formula is C15H12BrF2NO. The van der Waals surface area contributed by atoms with Crippen LogP contribution < -0.4 is 5.32 Å². The predicted molar refractivity (Wildman–Crippen MR) is 76.5 cm³/mol. The number of carbonyl (C=O) groups is 1. The highest BCUT2D eigenvalue weighted by molar-refractivity contribution is 9.10. The maximum Gasteiger partial charge on any atom is 0.255 e. The number of benzene rings is 2. The van der Waals surface area contributed by atoms with E-state index in [-0.39, 0.29) is 11.4 Å². The number of hydrogen-bond acceptors (Lipinski definition) is 1. The molecule has 0 unspecified atom stereocenters. The van der Waals surface area contributed by atoms with Crippen LogP contribution in [-0.4, -0.2) is 12.5 Å². The summed E-state index contributed by atoms with van der Waals surface area (Å²) in [6.45, 7) is 0.309. The van der Waals surface area contributed by atoms with Gasteiger partial charge in [-0.05, 0) is 52.2 Å². The van der Waals surface area contributed by atoms with E-state index >= 15 is 0 Å². The Kier molecular flexibility index (Phi) is 4.84. The van der Waals surface area contributed by atoms with Crippen LogP contribution in [0.3, 0.4) is 0 Å². The molecule has 0 aliphatic heterocycles. The zero-order valence-electron chi connectivity index (χ0n) is 10.5. The molecule has 20 heavy (non-hydrogen) atoms. The second-order valence-electron chi connectivity index (χ2n) is 4.23. The lowest BCUT2D eigenvalue weighted by Gasteiger charge is -2.08. The average molecular weight is 340 g/mol. The van der Waals surface area contributed by atoms with Gasteiger partial charge in [0.2, 0.25) is 0 Å². The van der Waals surface area contributed by atoms with Gasteiger partial charge in [0, 0.05) is 11.0 Å². The summed E-state index contributed by atoms with van der Waals surface area (Å²) in [5, 5.41) is 2.62. The van der Waals surface area contributed by atoms with Gasteiger partial charge in [0.1, 0.15) is 11.6 Å². The van der Waals surface area contributed by atoms with Crippen molar-refractivity contribution in [1.82, 2.24) is 5.32 Å². The minimum Gasteiger partial charge on any atom is -0.352 e. The Morgan fingerprint density at radius 3 is 2.60 bits per heavy atom. The van der Waals surface area contributed by atoms with Crippen molar-refractivity contribution in [3.8, 4) is 0 Å². The third-order valence-electron chi connectivity index (χ3n) is 2.78.